The minimum absolute atomic E-state index is 0.0494. The Kier molecular flexibility index (Phi) is 6.03. The number of nitrogens with zero attached hydrogens (tertiary/aromatic N) is 4. The third-order valence-electron chi connectivity index (χ3n) is 6.18. The number of nitrogens with one attached hydrogen (secondary N) is 1. The van der Waals surface area contributed by atoms with E-state index in [4.69, 9.17) is 4.74 Å². The number of ether oxygens (including phenoxy) is 1. The van der Waals surface area contributed by atoms with Crippen molar-refractivity contribution in [2.75, 3.05) is 39.1 Å². The van der Waals surface area contributed by atoms with Gasteiger partial charge in [-0.25, -0.2) is 4.79 Å². The first-order chi connectivity index (χ1) is 14.5. The van der Waals surface area contributed by atoms with Gasteiger partial charge in [-0.3, -0.25) is 9.48 Å². The second-order valence-electron chi connectivity index (χ2n) is 8.38. The fraction of sp³-hybridized carbons (Fsp3) is 0.500. The number of likely N-dealkylation sites (N-methyl/N-ethyl adjacent to an activating group) is 1. The minimum Gasteiger partial charge on any atom is -0.366 e. The summed E-state index contributed by atoms with van der Waals surface area (Å²) in [5.74, 6) is 0.703. The molecular weight excluding hydrogens is 382 g/mol. The van der Waals surface area contributed by atoms with Crippen LogP contribution in [0.4, 0.5) is 10.5 Å². The Morgan fingerprint density at radius 3 is 2.53 bits per heavy atom. The predicted molar refractivity (Wildman–Crippen MR) is 113 cm³/mol. The van der Waals surface area contributed by atoms with Crippen LogP contribution in [-0.4, -0.2) is 71.4 Å². The van der Waals surface area contributed by atoms with Gasteiger partial charge in [0.15, 0.2) is 0 Å². The van der Waals surface area contributed by atoms with E-state index in [0.717, 1.165) is 25.1 Å². The molecule has 0 spiro atoms. The number of likely N-dealkylation sites (tertiary alicyclic amines) is 1. The van der Waals surface area contributed by atoms with Gasteiger partial charge in [-0.15, -0.1) is 0 Å². The molecule has 0 unspecified atom stereocenters. The van der Waals surface area contributed by atoms with Gasteiger partial charge in [0.05, 0.1) is 12.1 Å². The van der Waals surface area contributed by atoms with E-state index in [1.165, 1.54) is 0 Å². The van der Waals surface area contributed by atoms with Crippen LogP contribution in [0.2, 0.25) is 0 Å². The molecule has 2 fully saturated rings. The van der Waals surface area contributed by atoms with E-state index in [2.05, 4.69) is 10.4 Å². The lowest BCUT2D eigenvalue weighted by Gasteiger charge is -2.37. The van der Waals surface area contributed by atoms with Crippen LogP contribution in [0, 0.1) is 11.8 Å². The summed E-state index contributed by atoms with van der Waals surface area (Å²) in [5.41, 5.74) is 0.801. The average molecular weight is 412 g/mol. The predicted octanol–water partition coefficient (Wildman–Crippen LogP) is 2.47. The first-order valence-electron chi connectivity index (χ1n) is 10.4. The number of amides is 3. The number of fused-ring (bicyclic) bond motifs is 1. The zero-order chi connectivity index (χ0) is 21.1. The van der Waals surface area contributed by atoms with E-state index in [-0.39, 0.29) is 30.7 Å². The number of anilines is 1. The molecule has 1 aromatic carbocycles. The Bertz CT molecular complexity index is 855. The van der Waals surface area contributed by atoms with Gasteiger partial charge in [-0.2, -0.15) is 5.10 Å². The fourth-order valence-electron chi connectivity index (χ4n) is 4.52. The van der Waals surface area contributed by atoms with Gasteiger partial charge in [0.1, 0.15) is 6.61 Å². The molecular formula is C22H29N5O3. The Labute approximate surface area is 176 Å². The van der Waals surface area contributed by atoms with Crippen LogP contribution in [0.25, 0.3) is 0 Å². The fourth-order valence-corrected chi connectivity index (χ4v) is 4.52. The third kappa shape index (κ3) is 4.48. The van der Waals surface area contributed by atoms with Crippen molar-refractivity contribution in [2.45, 2.75) is 25.0 Å². The molecule has 160 valence electrons. The minimum atomic E-state index is -0.104. The molecule has 8 heteroatoms. The van der Waals surface area contributed by atoms with Gasteiger partial charge in [-0.1, -0.05) is 18.2 Å². The van der Waals surface area contributed by atoms with Crippen LogP contribution >= 0.6 is 0 Å². The molecule has 1 aliphatic carbocycles. The number of hydrogen-bond donors (Lipinski definition) is 1. The Balaban J connectivity index is 1.43. The van der Waals surface area contributed by atoms with Crippen molar-refractivity contribution in [3.05, 3.63) is 48.8 Å². The van der Waals surface area contributed by atoms with Crippen molar-refractivity contribution in [3.63, 3.8) is 0 Å². The number of rotatable bonds is 5. The highest BCUT2D eigenvalue weighted by atomic mass is 16.5. The van der Waals surface area contributed by atoms with Crippen molar-refractivity contribution >= 4 is 17.6 Å². The third-order valence-corrected chi connectivity index (χ3v) is 6.18. The number of urea groups is 1. The van der Waals surface area contributed by atoms with Gasteiger partial charge in [0.25, 0.3) is 0 Å². The van der Waals surface area contributed by atoms with Crippen molar-refractivity contribution in [2.24, 2.45) is 11.8 Å². The monoisotopic (exact) mass is 411 g/mol. The summed E-state index contributed by atoms with van der Waals surface area (Å²) < 4.78 is 8.01. The van der Waals surface area contributed by atoms with Gasteiger partial charge < -0.3 is 19.9 Å². The Morgan fingerprint density at radius 1 is 1.13 bits per heavy atom. The molecule has 1 saturated carbocycles. The summed E-state index contributed by atoms with van der Waals surface area (Å²) >= 11 is 0. The lowest BCUT2D eigenvalue weighted by Crippen LogP contribution is -2.40. The molecule has 2 heterocycles. The maximum atomic E-state index is 12.8. The molecule has 1 aromatic heterocycles. The molecule has 1 N–H and O–H groups in total. The van der Waals surface area contributed by atoms with E-state index in [9.17, 15) is 9.59 Å². The second kappa shape index (κ2) is 8.87. The summed E-state index contributed by atoms with van der Waals surface area (Å²) in [6.07, 6.45) is 5.30. The molecule has 8 nitrogen and oxygen atoms in total. The average Bonchev–Trinajstić information content (AvgIpc) is 3.41. The summed E-state index contributed by atoms with van der Waals surface area (Å²) in [6.45, 7) is 1.49. The van der Waals surface area contributed by atoms with Crippen LogP contribution in [-0.2, 0) is 9.53 Å². The van der Waals surface area contributed by atoms with E-state index in [1.807, 2.05) is 52.2 Å². The molecule has 4 atom stereocenters. The molecule has 0 radical (unpaired) electrons. The summed E-state index contributed by atoms with van der Waals surface area (Å²) in [7, 11) is 3.46. The standard InChI is InChI=1S/C22H29N5O3/c1-25(2)21(28)15-30-20-12-17-14-26(22(29)24-18-7-4-3-5-8-18)13-16(17)11-19(20)27-10-6-9-23-27/h3-10,16-17,19-20H,11-15H2,1-2H3,(H,24,29)/t16-,17+,19-,20-/m0/s1. The molecule has 2 aliphatic rings. The van der Waals surface area contributed by atoms with Crippen molar-refractivity contribution in [1.29, 1.82) is 0 Å². The van der Waals surface area contributed by atoms with Crippen LogP contribution < -0.4 is 5.32 Å². The maximum Gasteiger partial charge on any atom is 0.321 e. The van der Waals surface area contributed by atoms with Crippen LogP contribution in [0.3, 0.4) is 0 Å². The lowest BCUT2D eigenvalue weighted by atomic mass is 9.77. The summed E-state index contributed by atoms with van der Waals surface area (Å²) in [6, 6.07) is 11.4. The van der Waals surface area contributed by atoms with Crippen LogP contribution in [0.1, 0.15) is 18.9 Å². The van der Waals surface area contributed by atoms with Gasteiger partial charge in [0.2, 0.25) is 5.91 Å². The molecule has 2 aromatic rings. The van der Waals surface area contributed by atoms with E-state index in [1.54, 1.807) is 25.2 Å². The molecule has 1 saturated heterocycles. The molecule has 1 aliphatic heterocycles. The topological polar surface area (TPSA) is 79.7 Å². The second-order valence-corrected chi connectivity index (χ2v) is 8.38. The Hall–Kier alpha value is -2.87. The van der Waals surface area contributed by atoms with E-state index < -0.39 is 0 Å². The van der Waals surface area contributed by atoms with Crippen molar-refractivity contribution in [3.8, 4) is 0 Å². The number of hydrogen-bond acceptors (Lipinski definition) is 4. The van der Waals surface area contributed by atoms with E-state index in [0.29, 0.717) is 18.4 Å². The van der Waals surface area contributed by atoms with Gasteiger partial charge in [0, 0.05) is 45.3 Å². The first-order valence-corrected chi connectivity index (χ1v) is 10.4. The quantitative estimate of drug-likeness (QED) is 0.820. The van der Waals surface area contributed by atoms with Crippen LogP contribution in [0.15, 0.2) is 48.8 Å². The Morgan fingerprint density at radius 2 is 1.87 bits per heavy atom. The zero-order valence-electron chi connectivity index (χ0n) is 17.5. The zero-order valence-corrected chi connectivity index (χ0v) is 17.5. The first kappa shape index (κ1) is 20.4. The van der Waals surface area contributed by atoms with Gasteiger partial charge in [-0.05, 0) is 42.9 Å². The highest BCUT2D eigenvalue weighted by molar-refractivity contribution is 5.89. The number of benzene rings is 1. The normalized spacial score (nSPS) is 25.6. The van der Waals surface area contributed by atoms with E-state index >= 15 is 0 Å². The maximum absolute atomic E-state index is 12.8. The molecule has 3 amide bonds. The number of carbonyl (C=O) groups is 2. The largest absolute Gasteiger partial charge is 0.366 e. The SMILES string of the molecule is CN(C)C(=O)CO[C@H]1C[C@@H]2CN(C(=O)Nc3ccccc3)C[C@@H]2C[C@@H]1n1cccn1. The van der Waals surface area contributed by atoms with Crippen molar-refractivity contribution < 1.29 is 14.3 Å². The number of carbonyl (C=O) groups excluding carboxylic acids is 2. The van der Waals surface area contributed by atoms with Gasteiger partial charge >= 0.3 is 6.03 Å². The highest BCUT2D eigenvalue weighted by Gasteiger charge is 2.45. The lowest BCUT2D eigenvalue weighted by molar-refractivity contribution is -0.138. The number of para-hydroxylation sites is 1. The molecule has 4 rings (SSSR count). The van der Waals surface area contributed by atoms with Crippen LogP contribution in [0.5, 0.6) is 0 Å². The number of aromatic nitrogens is 2. The summed E-state index contributed by atoms with van der Waals surface area (Å²) in [4.78, 5) is 28.2. The molecule has 30 heavy (non-hydrogen) atoms. The highest BCUT2D eigenvalue weighted by Crippen LogP contribution is 2.42. The summed E-state index contributed by atoms with van der Waals surface area (Å²) in [5, 5.41) is 7.41. The molecule has 0 bridgehead atoms. The smallest absolute Gasteiger partial charge is 0.321 e. The van der Waals surface area contributed by atoms with Crippen molar-refractivity contribution in [1.82, 2.24) is 19.6 Å².